The largest absolute Gasteiger partial charge is 0.452 e. The molecule has 0 radical (unpaired) electrons. The number of rotatable bonds is 4. The molecule has 0 heterocycles. The molecule has 7 nitrogen and oxygen atoms in total. The lowest BCUT2D eigenvalue weighted by Gasteiger charge is -2.20. The lowest BCUT2D eigenvalue weighted by molar-refractivity contribution is -0.384. The molecule has 1 aromatic rings. The predicted octanol–water partition coefficient (Wildman–Crippen LogP) is 2.32. The molecule has 0 aromatic heterocycles. The van der Waals surface area contributed by atoms with E-state index in [0.29, 0.717) is 0 Å². The molecule has 0 fully saturated rings. The van der Waals surface area contributed by atoms with E-state index in [1.165, 1.54) is 12.1 Å². The molecular weight excluding hydrogens is 300 g/mol. The molecule has 1 rings (SSSR count). The van der Waals surface area contributed by atoms with Crippen molar-refractivity contribution in [2.75, 3.05) is 6.61 Å². The normalized spacial score (nSPS) is 10.9. The number of hydrogen-bond acceptors (Lipinski definition) is 5. The van der Waals surface area contributed by atoms with Gasteiger partial charge in [0.1, 0.15) is 5.02 Å². The fourth-order valence-corrected chi connectivity index (χ4v) is 1.63. The molecular formula is C13H15ClN2O5. The summed E-state index contributed by atoms with van der Waals surface area (Å²) in [7, 11) is 0. The molecule has 0 aliphatic carbocycles. The van der Waals surface area contributed by atoms with Crippen LogP contribution in [-0.4, -0.2) is 28.9 Å². The third-order valence-corrected chi connectivity index (χ3v) is 2.55. The third-order valence-electron chi connectivity index (χ3n) is 2.23. The van der Waals surface area contributed by atoms with Crippen LogP contribution in [0.5, 0.6) is 0 Å². The number of carbonyl (C=O) groups excluding carboxylic acids is 2. The molecule has 1 amide bonds. The number of ether oxygens (including phenoxy) is 1. The van der Waals surface area contributed by atoms with Crippen LogP contribution in [0.4, 0.5) is 5.69 Å². The second-order valence-corrected chi connectivity index (χ2v) is 5.70. The number of hydrogen-bond donors (Lipinski definition) is 1. The summed E-state index contributed by atoms with van der Waals surface area (Å²) in [6.45, 7) is 4.90. The van der Waals surface area contributed by atoms with Gasteiger partial charge in [-0.3, -0.25) is 14.9 Å². The summed E-state index contributed by atoms with van der Waals surface area (Å²) < 4.78 is 4.79. The van der Waals surface area contributed by atoms with Crippen LogP contribution in [0.25, 0.3) is 0 Å². The van der Waals surface area contributed by atoms with Crippen LogP contribution in [0.3, 0.4) is 0 Å². The van der Waals surface area contributed by atoms with Crippen molar-refractivity contribution in [3.05, 3.63) is 38.9 Å². The highest BCUT2D eigenvalue weighted by atomic mass is 35.5. The van der Waals surface area contributed by atoms with Gasteiger partial charge in [0.2, 0.25) is 0 Å². The number of nitrogens with one attached hydrogen (secondary N) is 1. The van der Waals surface area contributed by atoms with E-state index in [-0.39, 0.29) is 10.6 Å². The number of esters is 1. The number of halogens is 1. The average molecular weight is 315 g/mol. The minimum atomic E-state index is -0.834. The van der Waals surface area contributed by atoms with Crippen molar-refractivity contribution in [3.8, 4) is 0 Å². The van der Waals surface area contributed by atoms with E-state index < -0.39 is 34.6 Å². The van der Waals surface area contributed by atoms with Crippen molar-refractivity contribution < 1.29 is 19.2 Å². The van der Waals surface area contributed by atoms with Gasteiger partial charge in [-0.25, -0.2) is 4.79 Å². The first-order valence-electron chi connectivity index (χ1n) is 6.02. The van der Waals surface area contributed by atoms with Gasteiger partial charge in [-0.1, -0.05) is 11.6 Å². The van der Waals surface area contributed by atoms with E-state index in [2.05, 4.69) is 5.32 Å². The van der Waals surface area contributed by atoms with E-state index in [0.717, 1.165) is 6.07 Å². The Morgan fingerprint density at radius 3 is 2.52 bits per heavy atom. The quantitative estimate of drug-likeness (QED) is 0.522. The Balaban J connectivity index is 2.71. The van der Waals surface area contributed by atoms with Crippen LogP contribution >= 0.6 is 11.6 Å². The van der Waals surface area contributed by atoms with E-state index >= 15 is 0 Å². The SMILES string of the molecule is CC(C)(C)NC(=O)COC(=O)c1ccc(Cl)c([N+](=O)[O-])c1. The molecule has 0 unspecified atom stereocenters. The highest BCUT2D eigenvalue weighted by Crippen LogP contribution is 2.25. The van der Waals surface area contributed by atoms with Crippen LogP contribution in [-0.2, 0) is 9.53 Å². The average Bonchev–Trinajstić information content (AvgIpc) is 2.34. The van der Waals surface area contributed by atoms with Gasteiger partial charge in [0.25, 0.3) is 11.6 Å². The van der Waals surface area contributed by atoms with Gasteiger partial charge in [-0.15, -0.1) is 0 Å². The molecule has 0 saturated carbocycles. The van der Waals surface area contributed by atoms with Gasteiger partial charge < -0.3 is 10.1 Å². The van der Waals surface area contributed by atoms with Crippen molar-refractivity contribution in [3.63, 3.8) is 0 Å². The maximum Gasteiger partial charge on any atom is 0.338 e. The fourth-order valence-electron chi connectivity index (χ4n) is 1.45. The van der Waals surface area contributed by atoms with Gasteiger partial charge in [0.05, 0.1) is 10.5 Å². The number of amides is 1. The summed E-state index contributed by atoms with van der Waals surface area (Å²) in [5, 5.41) is 13.3. The van der Waals surface area contributed by atoms with E-state index in [1.54, 1.807) is 20.8 Å². The number of nitrogens with zero attached hydrogens (tertiary/aromatic N) is 1. The molecule has 8 heteroatoms. The number of benzene rings is 1. The Morgan fingerprint density at radius 1 is 1.38 bits per heavy atom. The lowest BCUT2D eigenvalue weighted by atomic mass is 10.1. The highest BCUT2D eigenvalue weighted by Gasteiger charge is 2.19. The molecule has 0 bridgehead atoms. The fraction of sp³-hybridized carbons (Fsp3) is 0.385. The topological polar surface area (TPSA) is 98.5 Å². The summed E-state index contributed by atoms with van der Waals surface area (Å²) in [5.41, 5.74) is -0.886. The minimum Gasteiger partial charge on any atom is -0.452 e. The molecule has 114 valence electrons. The Bertz CT molecular complexity index is 580. The molecule has 0 saturated heterocycles. The number of nitro groups is 1. The van der Waals surface area contributed by atoms with Crippen LogP contribution in [0.1, 0.15) is 31.1 Å². The number of nitro benzene ring substituents is 1. The smallest absolute Gasteiger partial charge is 0.338 e. The van der Waals surface area contributed by atoms with E-state index in [4.69, 9.17) is 16.3 Å². The van der Waals surface area contributed by atoms with Gasteiger partial charge in [-0.05, 0) is 32.9 Å². The zero-order valence-corrected chi connectivity index (χ0v) is 12.6. The predicted molar refractivity (Wildman–Crippen MR) is 76.3 cm³/mol. The zero-order valence-electron chi connectivity index (χ0n) is 11.8. The first-order valence-corrected chi connectivity index (χ1v) is 6.40. The molecule has 21 heavy (non-hydrogen) atoms. The summed E-state index contributed by atoms with van der Waals surface area (Å²) in [5.74, 6) is -1.29. The molecule has 0 aliphatic heterocycles. The van der Waals surface area contributed by atoms with Crippen molar-refractivity contribution in [2.24, 2.45) is 0 Å². The number of carbonyl (C=O) groups is 2. The second-order valence-electron chi connectivity index (χ2n) is 5.30. The Labute approximate surface area is 126 Å². The van der Waals surface area contributed by atoms with Crippen LogP contribution in [0, 0.1) is 10.1 Å². The van der Waals surface area contributed by atoms with Crippen molar-refractivity contribution in [1.82, 2.24) is 5.32 Å². The standard InChI is InChI=1S/C13H15ClN2O5/c1-13(2,3)15-11(17)7-21-12(18)8-4-5-9(14)10(6-8)16(19)20/h4-6H,7H2,1-3H3,(H,15,17). The van der Waals surface area contributed by atoms with Crippen LogP contribution in [0.2, 0.25) is 5.02 Å². The maximum absolute atomic E-state index is 11.7. The molecule has 1 aromatic carbocycles. The van der Waals surface area contributed by atoms with Gasteiger partial charge in [0, 0.05) is 11.6 Å². The summed E-state index contributed by atoms with van der Waals surface area (Å²) in [4.78, 5) is 33.3. The Kier molecular flexibility index (Phi) is 5.26. The first kappa shape index (κ1) is 16.9. The van der Waals surface area contributed by atoms with Gasteiger partial charge >= 0.3 is 5.97 Å². The molecule has 1 N–H and O–H groups in total. The van der Waals surface area contributed by atoms with Gasteiger partial charge in [0.15, 0.2) is 6.61 Å². The zero-order chi connectivity index (χ0) is 16.2. The van der Waals surface area contributed by atoms with Crippen LogP contribution in [0.15, 0.2) is 18.2 Å². The summed E-state index contributed by atoms with van der Waals surface area (Å²) in [6, 6.07) is 3.52. The molecule has 0 aliphatic rings. The molecule has 0 atom stereocenters. The summed E-state index contributed by atoms with van der Waals surface area (Å²) in [6.07, 6.45) is 0. The van der Waals surface area contributed by atoms with Gasteiger partial charge in [-0.2, -0.15) is 0 Å². The third kappa shape index (κ3) is 5.39. The lowest BCUT2D eigenvalue weighted by Crippen LogP contribution is -2.42. The van der Waals surface area contributed by atoms with Crippen molar-refractivity contribution in [2.45, 2.75) is 26.3 Å². The first-order chi connectivity index (χ1) is 9.60. The monoisotopic (exact) mass is 314 g/mol. The highest BCUT2D eigenvalue weighted by molar-refractivity contribution is 6.32. The Morgan fingerprint density at radius 2 is 2.00 bits per heavy atom. The van der Waals surface area contributed by atoms with E-state index in [9.17, 15) is 19.7 Å². The minimum absolute atomic E-state index is 0.0466. The summed E-state index contributed by atoms with van der Waals surface area (Å²) >= 11 is 5.64. The van der Waals surface area contributed by atoms with E-state index in [1.807, 2.05) is 0 Å². The Hall–Kier alpha value is -2.15. The van der Waals surface area contributed by atoms with Crippen molar-refractivity contribution in [1.29, 1.82) is 0 Å². The second kappa shape index (κ2) is 6.53. The maximum atomic E-state index is 11.7. The molecule has 0 spiro atoms. The van der Waals surface area contributed by atoms with Crippen molar-refractivity contribution >= 4 is 29.2 Å². The van der Waals surface area contributed by atoms with Crippen LogP contribution < -0.4 is 5.32 Å².